The van der Waals surface area contributed by atoms with Gasteiger partial charge in [0.2, 0.25) is 5.91 Å². The number of likely N-dealkylation sites (tertiary alicyclic amines) is 1. The Labute approximate surface area is 244 Å². The van der Waals surface area contributed by atoms with E-state index in [9.17, 15) is 9.59 Å². The van der Waals surface area contributed by atoms with E-state index in [4.69, 9.17) is 4.74 Å². The third-order valence-electron chi connectivity index (χ3n) is 7.80. The molecule has 1 aliphatic rings. The smallest absolute Gasteiger partial charge is 0.306 e. The fourth-order valence-corrected chi connectivity index (χ4v) is 5.32. The molecular weight excluding hydrogens is 482 g/mol. The molecule has 1 heterocycles. The molecule has 0 saturated carbocycles. The third kappa shape index (κ3) is 28.3. The predicted molar refractivity (Wildman–Crippen MR) is 169 cm³/mol. The molecule has 0 aromatic heterocycles. The van der Waals surface area contributed by atoms with Crippen LogP contribution in [-0.4, -0.2) is 36.0 Å². The average Bonchev–Trinajstić information content (AvgIpc) is 3.12. The first-order valence-electron chi connectivity index (χ1n) is 17.5. The SMILES string of the molecule is CCCCCCCCCCCCCC(=O)OC(C)C.CCCCCCCCCCCCN1CCCCCC1=O. The van der Waals surface area contributed by atoms with E-state index < -0.39 is 0 Å². The Morgan fingerprint density at radius 1 is 0.641 bits per heavy atom. The summed E-state index contributed by atoms with van der Waals surface area (Å²) in [5.41, 5.74) is 0. The van der Waals surface area contributed by atoms with Crippen molar-refractivity contribution < 1.29 is 14.3 Å². The third-order valence-corrected chi connectivity index (χ3v) is 7.80. The van der Waals surface area contributed by atoms with Crippen LogP contribution in [0.1, 0.15) is 195 Å². The van der Waals surface area contributed by atoms with Crippen molar-refractivity contribution in [1.29, 1.82) is 0 Å². The molecule has 0 radical (unpaired) electrons. The van der Waals surface area contributed by atoms with Gasteiger partial charge in [-0.3, -0.25) is 9.59 Å². The fraction of sp³-hybridized carbons (Fsp3) is 0.943. The number of unbranched alkanes of at least 4 members (excludes halogenated alkanes) is 19. The fourth-order valence-electron chi connectivity index (χ4n) is 5.32. The molecule has 39 heavy (non-hydrogen) atoms. The number of carbonyl (C=O) groups is 2. The average molecular weight is 552 g/mol. The van der Waals surface area contributed by atoms with E-state index >= 15 is 0 Å². The van der Waals surface area contributed by atoms with Gasteiger partial charge >= 0.3 is 5.97 Å². The minimum atomic E-state index is -0.0362. The van der Waals surface area contributed by atoms with Gasteiger partial charge < -0.3 is 9.64 Å². The van der Waals surface area contributed by atoms with E-state index in [-0.39, 0.29) is 12.1 Å². The van der Waals surface area contributed by atoms with Gasteiger partial charge in [0.25, 0.3) is 0 Å². The molecule has 0 aromatic carbocycles. The van der Waals surface area contributed by atoms with E-state index in [1.807, 2.05) is 13.8 Å². The minimum Gasteiger partial charge on any atom is -0.463 e. The van der Waals surface area contributed by atoms with Gasteiger partial charge in [-0.2, -0.15) is 0 Å². The minimum absolute atomic E-state index is 0.0280. The van der Waals surface area contributed by atoms with Gasteiger partial charge in [0.15, 0.2) is 0 Å². The van der Waals surface area contributed by atoms with Crippen LogP contribution in [0, 0.1) is 0 Å². The van der Waals surface area contributed by atoms with Crippen LogP contribution >= 0.6 is 0 Å². The molecule has 232 valence electrons. The van der Waals surface area contributed by atoms with E-state index in [0.29, 0.717) is 12.3 Å². The highest BCUT2D eigenvalue weighted by molar-refractivity contribution is 5.76. The van der Waals surface area contributed by atoms with Gasteiger partial charge in [-0.05, 0) is 39.5 Å². The first-order valence-corrected chi connectivity index (χ1v) is 17.5. The molecule has 1 fully saturated rings. The zero-order valence-electron chi connectivity index (χ0n) is 27.0. The van der Waals surface area contributed by atoms with Crippen LogP contribution in [0.25, 0.3) is 0 Å². The standard InChI is InChI=1S/C18H35NO.C17H34O2/c1-2-3-4-5-6-7-8-9-10-13-16-19-17-14-11-12-15-18(19)20;1-4-5-6-7-8-9-10-11-12-13-14-15-17(18)19-16(2)3/h2-17H2,1H3;16H,4-15H2,1-3H3. The van der Waals surface area contributed by atoms with E-state index in [0.717, 1.165) is 32.4 Å². The maximum atomic E-state index is 11.8. The van der Waals surface area contributed by atoms with Crippen LogP contribution in [0.3, 0.4) is 0 Å². The topological polar surface area (TPSA) is 46.6 Å². The zero-order chi connectivity index (χ0) is 28.8. The molecule has 1 amide bonds. The van der Waals surface area contributed by atoms with Crippen molar-refractivity contribution in [2.45, 2.75) is 201 Å². The first-order chi connectivity index (χ1) is 19.0. The van der Waals surface area contributed by atoms with Crippen molar-refractivity contribution in [3.8, 4) is 0 Å². The Kier molecular flexibility index (Phi) is 29.1. The maximum absolute atomic E-state index is 11.8. The summed E-state index contributed by atoms with van der Waals surface area (Å²) in [7, 11) is 0. The van der Waals surface area contributed by atoms with Gasteiger partial charge in [0.05, 0.1) is 6.10 Å². The summed E-state index contributed by atoms with van der Waals surface area (Å²) < 4.78 is 5.10. The predicted octanol–water partition coefficient (Wildman–Crippen LogP) is 10.9. The van der Waals surface area contributed by atoms with Crippen LogP contribution < -0.4 is 0 Å². The van der Waals surface area contributed by atoms with E-state index in [1.54, 1.807) is 0 Å². The molecule has 0 aromatic rings. The molecule has 1 rings (SSSR count). The van der Waals surface area contributed by atoms with Gasteiger partial charge in [-0.25, -0.2) is 0 Å². The zero-order valence-corrected chi connectivity index (χ0v) is 27.0. The van der Waals surface area contributed by atoms with Crippen molar-refractivity contribution in [3.63, 3.8) is 0 Å². The van der Waals surface area contributed by atoms with E-state index in [2.05, 4.69) is 18.7 Å². The summed E-state index contributed by atoms with van der Waals surface area (Å²) >= 11 is 0. The number of esters is 1. The molecule has 0 N–H and O–H groups in total. The lowest BCUT2D eigenvalue weighted by atomic mass is 10.1. The Morgan fingerprint density at radius 3 is 1.54 bits per heavy atom. The number of nitrogens with zero attached hydrogens (tertiary/aromatic N) is 1. The highest BCUT2D eigenvalue weighted by Crippen LogP contribution is 2.15. The molecule has 4 heteroatoms. The van der Waals surface area contributed by atoms with Crippen molar-refractivity contribution in [1.82, 2.24) is 4.90 Å². The lowest BCUT2D eigenvalue weighted by Crippen LogP contribution is -2.31. The second-order valence-electron chi connectivity index (χ2n) is 12.2. The summed E-state index contributed by atoms with van der Waals surface area (Å²) in [6.45, 7) is 10.4. The Morgan fingerprint density at radius 2 is 1.08 bits per heavy atom. The summed E-state index contributed by atoms with van der Waals surface area (Å²) in [4.78, 5) is 25.2. The largest absolute Gasteiger partial charge is 0.463 e. The number of carbonyl (C=O) groups excluding carboxylic acids is 2. The second-order valence-corrected chi connectivity index (χ2v) is 12.2. The molecule has 0 bridgehead atoms. The van der Waals surface area contributed by atoms with Crippen LogP contribution in [0.5, 0.6) is 0 Å². The number of rotatable bonds is 24. The molecule has 0 spiro atoms. The number of hydrogen-bond acceptors (Lipinski definition) is 3. The highest BCUT2D eigenvalue weighted by Gasteiger charge is 2.15. The molecule has 4 nitrogen and oxygen atoms in total. The van der Waals surface area contributed by atoms with Gasteiger partial charge in [-0.1, -0.05) is 142 Å². The molecule has 0 atom stereocenters. The molecular formula is C35H69NO3. The lowest BCUT2D eigenvalue weighted by Gasteiger charge is -2.20. The molecule has 0 aliphatic carbocycles. The Balaban J connectivity index is 0.000000742. The maximum Gasteiger partial charge on any atom is 0.306 e. The number of hydrogen-bond donors (Lipinski definition) is 0. The van der Waals surface area contributed by atoms with Gasteiger partial charge in [0.1, 0.15) is 0 Å². The number of amides is 1. The van der Waals surface area contributed by atoms with Crippen LogP contribution in [0.15, 0.2) is 0 Å². The van der Waals surface area contributed by atoms with Crippen LogP contribution in [0.4, 0.5) is 0 Å². The number of ether oxygens (including phenoxy) is 1. The van der Waals surface area contributed by atoms with Gasteiger partial charge in [-0.15, -0.1) is 0 Å². The van der Waals surface area contributed by atoms with Crippen LogP contribution in [-0.2, 0) is 14.3 Å². The summed E-state index contributed by atoms with van der Waals surface area (Å²) in [5.74, 6) is 0.365. The van der Waals surface area contributed by atoms with Crippen molar-refractivity contribution >= 4 is 11.9 Å². The summed E-state index contributed by atoms with van der Waals surface area (Å²) in [6.07, 6.45) is 33.1. The summed E-state index contributed by atoms with van der Waals surface area (Å²) in [6, 6.07) is 0. The van der Waals surface area contributed by atoms with Crippen LogP contribution in [0.2, 0.25) is 0 Å². The van der Waals surface area contributed by atoms with Crippen molar-refractivity contribution in [3.05, 3.63) is 0 Å². The molecule has 0 unspecified atom stereocenters. The second kappa shape index (κ2) is 29.9. The molecule has 1 saturated heterocycles. The lowest BCUT2D eigenvalue weighted by molar-refractivity contribution is -0.147. The normalized spacial score (nSPS) is 13.8. The van der Waals surface area contributed by atoms with Crippen molar-refractivity contribution in [2.75, 3.05) is 13.1 Å². The quantitative estimate of drug-likeness (QED) is 0.0885. The monoisotopic (exact) mass is 552 g/mol. The highest BCUT2D eigenvalue weighted by atomic mass is 16.5. The van der Waals surface area contributed by atoms with E-state index in [1.165, 1.54) is 141 Å². The van der Waals surface area contributed by atoms with Crippen molar-refractivity contribution in [2.24, 2.45) is 0 Å². The Bertz CT molecular complexity index is 534. The Hall–Kier alpha value is -1.06. The first kappa shape index (κ1) is 37.9. The van der Waals surface area contributed by atoms with Gasteiger partial charge in [0, 0.05) is 25.9 Å². The summed E-state index contributed by atoms with van der Waals surface area (Å²) in [5, 5.41) is 0. The molecule has 1 aliphatic heterocycles.